The maximum absolute atomic E-state index is 13.0. The number of carbonyl (C=O) groups is 2. The summed E-state index contributed by atoms with van der Waals surface area (Å²) in [6, 6.07) is 5.88. The topological polar surface area (TPSA) is 121 Å². The van der Waals surface area contributed by atoms with Crippen molar-refractivity contribution in [2.24, 2.45) is 5.92 Å². The van der Waals surface area contributed by atoms with Gasteiger partial charge in [-0.15, -0.1) is 0 Å². The summed E-state index contributed by atoms with van der Waals surface area (Å²) in [4.78, 5) is 26.4. The lowest BCUT2D eigenvalue weighted by atomic mass is 9.95. The molecule has 2 heterocycles. The number of likely N-dealkylation sites (tertiary alicyclic amines) is 1. The van der Waals surface area contributed by atoms with Crippen molar-refractivity contribution in [2.45, 2.75) is 56.9 Å². The number of sulfonamides is 2. The summed E-state index contributed by atoms with van der Waals surface area (Å²) in [5, 5.41) is 0. The number of hydrogen-bond donors (Lipinski definition) is 1. The first kappa shape index (κ1) is 25.8. The zero-order chi connectivity index (χ0) is 24.2. The molecule has 184 valence electrons. The standard InChI is InChI=1S/C22H33N3O6S2/c1-3-15-32(28,29)23-20-9-11-24(12-10-20)22(27)18-7-13-25(14-8-18)33(30,31)21-6-4-5-19(16-21)17(2)26/h4-6,16,18,20,23H,3,7-15H2,1-2H3. The molecule has 11 heteroatoms. The van der Waals surface area contributed by atoms with E-state index in [0.29, 0.717) is 50.8 Å². The van der Waals surface area contributed by atoms with Gasteiger partial charge in [0.2, 0.25) is 26.0 Å². The Kier molecular flexibility index (Phi) is 8.31. The third-order valence-electron chi connectivity index (χ3n) is 6.31. The van der Waals surface area contributed by atoms with Crippen LogP contribution in [0.2, 0.25) is 0 Å². The average molecular weight is 500 g/mol. The maximum Gasteiger partial charge on any atom is 0.243 e. The summed E-state index contributed by atoms with van der Waals surface area (Å²) in [6.45, 7) is 4.70. The number of carbonyl (C=O) groups excluding carboxylic acids is 2. The Labute approximate surface area is 196 Å². The zero-order valence-electron chi connectivity index (χ0n) is 19.2. The molecule has 0 atom stereocenters. The van der Waals surface area contributed by atoms with Crippen LogP contribution in [0.1, 0.15) is 56.3 Å². The highest BCUT2D eigenvalue weighted by molar-refractivity contribution is 7.89. The third kappa shape index (κ3) is 6.40. The van der Waals surface area contributed by atoms with Gasteiger partial charge in [0.25, 0.3) is 0 Å². The SMILES string of the molecule is CCCS(=O)(=O)NC1CCN(C(=O)C2CCN(S(=O)(=O)c3cccc(C(C)=O)c3)CC2)CC1. The van der Waals surface area contributed by atoms with E-state index in [1.54, 1.807) is 17.0 Å². The van der Waals surface area contributed by atoms with Crippen molar-refractivity contribution >= 4 is 31.7 Å². The van der Waals surface area contributed by atoms with Gasteiger partial charge in [-0.05, 0) is 51.2 Å². The van der Waals surface area contributed by atoms with Gasteiger partial charge in [0.15, 0.2) is 5.78 Å². The minimum Gasteiger partial charge on any atom is -0.342 e. The molecule has 2 aliphatic heterocycles. The second-order valence-electron chi connectivity index (χ2n) is 8.80. The first-order valence-corrected chi connectivity index (χ1v) is 14.5. The highest BCUT2D eigenvalue weighted by Gasteiger charge is 2.35. The number of rotatable bonds is 8. The minimum absolute atomic E-state index is 0.0143. The summed E-state index contributed by atoms with van der Waals surface area (Å²) in [6.07, 6.45) is 2.59. The van der Waals surface area contributed by atoms with Crippen molar-refractivity contribution in [3.05, 3.63) is 29.8 Å². The Bertz CT molecular complexity index is 1070. The van der Waals surface area contributed by atoms with Gasteiger partial charge in [0, 0.05) is 43.7 Å². The lowest BCUT2D eigenvalue weighted by Crippen LogP contribution is -2.50. The first-order chi connectivity index (χ1) is 15.5. The fourth-order valence-corrected chi connectivity index (χ4v) is 7.34. The Morgan fingerprint density at radius 1 is 1.00 bits per heavy atom. The van der Waals surface area contributed by atoms with Crippen LogP contribution >= 0.6 is 0 Å². The molecule has 0 radical (unpaired) electrons. The van der Waals surface area contributed by atoms with Crippen molar-refractivity contribution in [2.75, 3.05) is 31.9 Å². The number of Topliss-reactive ketones (excluding diaryl/α,β-unsaturated/α-hetero) is 1. The molecule has 0 aromatic heterocycles. The molecule has 33 heavy (non-hydrogen) atoms. The van der Waals surface area contributed by atoms with Crippen molar-refractivity contribution < 1.29 is 26.4 Å². The average Bonchev–Trinajstić information content (AvgIpc) is 2.79. The molecule has 2 aliphatic rings. The lowest BCUT2D eigenvalue weighted by molar-refractivity contribution is -0.137. The number of hydrogen-bond acceptors (Lipinski definition) is 6. The second kappa shape index (κ2) is 10.6. The zero-order valence-corrected chi connectivity index (χ0v) is 20.8. The van der Waals surface area contributed by atoms with Crippen LogP contribution in [0.25, 0.3) is 0 Å². The molecule has 3 rings (SSSR count). The molecule has 1 aromatic carbocycles. The Balaban J connectivity index is 1.53. The molecule has 1 N–H and O–H groups in total. The Morgan fingerprint density at radius 2 is 1.64 bits per heavy atom. The molecule has 0 spiro atoms. The number of ketones is 1. The van der Waals surface area contributed by atoms with Crippen LogP contribution in [0.4, 0.5) is 0 Å². The highest BCUT2D eigenvalue weighted by Crippen LogP contribution is 2.26. The first-order valence-electron chi connectivity index (χ1n) is 11.4. The number of nitrogens with zero attached hydrogens (tertiary/aromatic N) is 2. The van der Waals surface area contributed by atoms with E-state index in [1.807, 2.05) is 6.92 Å². The van der Waals surface area contributed by atoms with E-state index in [2.05, 4.69) is 4.72 Å². The molecule has 0 unspecified atom stereocenters. The molecule has 1 aromatic rings. The van der Waals surface area contributed by atoms with E-state index >= 15 is 0 Å². The molecule has 0 saturated carbocycles. The van der Waals surface area contributed by atoms with E-state index in [4.69, 9.17) is 0 Å². The minimum atomic E-state index is -3.73. The van der Waals surface area contributed by atoms with Crippen molar-refractivity contribution in [3.63, 3.8) is 0 Å². The van der Waals surface area contributed by atoms with Crippen LogP contribution in [-0.2, 0) is 24.8 Å². The summed E-state index contributed by atoms with van der Waals surface area (Å²) in [5.41, 5.74) is 0.349. The fourth-order valence-electron chi connectivity index (χ4n) is 4.43. The van der Waals surface area contributed by atoms with Gasteiger partial charge in [-0.25, -0.2) is 21.6 Å². The summed E-state index contributed by atoms with van der Waals surface area (Å²) in [7, 11) is -7.01. The maximum atomic E-state index is 13.0. The van der Waals surface area contributed by atoms with Gasteiger partial charge in [0.05, 0.1) is 10.6 Å². The van der Waals surface area contributed by atoms with E-state index in [-0.39, 0.29) is 47.4 Å². The van der Waals surface area contributed by atoms with Gasteiger partial charge in [0.1, 0.15) is 0 Å². The van der Waals surface area contributed by atoms with Gasteiger partial charge in [-0.2, -0.15) is 4.31 Å². The van der Waals surface area contributed by atoms with E-state index < -0.39 is 20.0 Å². The van der Waals surface area contributed by atoms with E-state index in [9.17, 15) is 26.4 Å². The van der Waals surface area contributed by atoms with Gasteiger partial charge in [-0.3, -0.25) is 9.59 Å². The highest BCUT2D eigenvalue weighted by atomic mass is 32.2. The molecule has 2 saturated heterocycles. The van der Waals surface area contributed by atoms with Crippen LogP contribution in [0.3, 0.4) is 0 Å². The van der Waals surface area contributed by atoms with Crippen LogP contribution in [0.15, 0.2) is 29.2 Å². The number of benzene rings is 1. The fraction of sp³-hybridized carbons (Fsp3) is 0.636. The molecular formula is C22H33N3O6S2. The molecule has 0 aliphatic carbocycles. The normalized spacial score (nSPS) is 19.5. The predicted molar refractivity (Wildman–Crippen MR) is 125 cm³/mol. The Morgan fingerprint density at radius 3 is 2.21 bits per heavy atom. The number of nitrogens with one attached hydrogen (secondary N) is 1. The van der Waals surface area contributed by atoms with Crippen molar-refractivity contribution in [3.8, 4) is 0 Å². The molecule has 1 amide bonds. The molecular weight excluding hydrogens is 466 g/mol. The summed E-state index contributed by atoms with van der Waals surface area (Å²) < 4.78 is 54.0. The lowest BCUT2D eigenvalue weighted by Gasteiger charge is -2.37. The van der Waals surface area contributed by atoms with E-state index in [1.165, 1.54) is 23.4 Å². The smallest absolute Gasteiger partial charge is 0.243 e. The monoisotopic (exact) mass is 499 g/mol. The largest absolute Gasteiger partial charge is 0.342 e. The molecule has 0 bridgehead atoms. The van der Waals surface area contributed by atoms with Crippen LogP contribution in [0.5, 0.6) is 0 Å². The molecule has 2 fully saturated rings. The summed E-state index contributed by atoms with van der Waals surface area (Å²) in [5.74, 6) is -0.320. The number of amides is 1. The van der Waals surface area contributed by atoms with Gasteiger partial charge >= 0.3 is 0 Å². The second-order valence-corrected chi connectivity index (χ2v) is 12.6. The van der Waals surface area contributed by atoms with Crippen LogP contribution < -0.4 is 4.72 Å². The third-order valence-corrected chi connectivity index (χ3v) is 9.84. The predicted octanol–water partition coefficient (Wildman–Crippen LogP) is 1.61. The number of piperidine rings is 2. The quantitative estimate of drug-likeness (QED) is 0.543. The van der Waals surface area contributed by atoms with Gasteiger partial charge < -0.3 is 4.90 Å². The van der Waals surface area contributed by atoms with Crippen LogP contribution in [-0.4, -0.2) is 75.7 Å². The summed E-state index contributed by atoms with van der Waals surface area (Å²) >= 11 is 0. The van der Waals surface area contributed by atoms with Crippen molar-refractivity contribution in [1.82, 2.24) is 13.9 Å². The molecule has 9 nitrogen and oxygen atoms in total. The van der Waals surface area contributed by atoms with Gasteiger partial charge in [-0.1, -0.05) is 19.1 Å². The van der Waals surface area contributed by atoms with Crippen molar-refractivity contribution in [1.29, 1.82) is 0 Å². The Hall–Kier alpha value is -1.82. The van der Waals surface area contributed by atoms with Crippen LogP contribution in [0, 0.1) is 5.92 Å². The van der Waals surface area contributed by atoms with E-state index in [0.717, 1.165) is 0 Å².